The first-order valence-corrected chi connectivity index (χ1v) is 12.1. The number of hydrogen-bond acceptors (Lipinski definition) is 13. The summed E-state index contributed by atoms with van der Waals surface area (Å²) in [4.78, 5) is 47.6. The number of carbonyl (C=O) groups excluding carboxylic acids is 2. The van der Waals surface area contributed by atoms with Crippen LogP contribution < -0.4 is 11.1 Å². The third-order valence-corrected chi connectivity index (χ3v) is 7.77. The fourth-order valence-corrected chi connectivity index (χ4v) is 6.07. The predicted octanol–water partition coefficient (Wildman–Crippen LogP) is -0.234. The Morgan fingerprint density at radius 1 is 1.47 bits per heavy atom. The smallest absolute Gasteiger partial charge is 0.352 e. The molecule has 0 spiro atoms. The first-order chi connectivity index (χ1) is 15.8. The Bertz CT molecular complexity index is 1180. The maximum absolute atomic E-state index is 12.9. The summed E-state index contributed by atoms with van der Waals surface area (Å²) in [7, 11) is 2.95. The van der Waals surface area contributed by atoms with Gasteiger partial charge < -0.3 is 21.0 Å². The van der Waals surface area contributed by atoms with Gasteiger partial charge in [-0.2, -0.15) is 0 Å². The summed E-state index contributed by atoms with van der Waals surface area (Å²) in [6.07, 6.45) is 0. The monoisotopic (exact) mass is 527 g/mol. The molecule has 0 radical (unpaired) electrons. The number of thiazole rings is 1. The van der Waals surface area contributed by atoms with Gasteiger partial charge in [0.2, 0.25) is 5.16 Å². The number of carbonyl (C=O) groups is 3. The lowest BCUT2D eigenvalue weighted by Gasteiger charge is -2.49. The summed E-state index contributed by atoms with van der Waals surface area (Å²) in [6, 6.07) is -0.924. The summed E-state index contributed by atoms with van der Waals surface area (Å²) < 4.78 is 1.47. The highest BCUT2D eigenvalue weighted by molar-refractivity contribution is 8.01. The zero-order valence-corrected chi connectivity index (χ0v) is 19.6. The summed E-state index contributed by atoms with van der Waals surface area (Å²) >= 11 is 3.75. The van der Waals surface area contributed by atoms with Crippen molar-refractivity contribution >= 4 is 63.5 Å². The van der Waals surface area contributed by atoms with Gasteiger partial charge in [0.25, 0.3) is 11.8 Å². The van der Waals surface area contributed by atoms with Crippen LogP contribution in [-0.4, -0.2) is 88.7 Å². The van der Waals surface area contributed by atoms with Gasteiger partial charge in [-0.05, 0) is 16.0 Å². The second-order valence-corrected chi connectivity index (χ2v) is 9.62. The van der Waals surface area contributed by atoms with Crippen LogP contribution in [0, 0.1) is 0 Å². The molecule has 1 fully saturated rings. The molecule has 0 saturated carbocycles. The van der Waals surface area contributed by atoms with Crippen molar-refractivity contribution in [1.82, 2.24) is 35.4 Å². The number of oxime groups is 1. The predicted molar refractivity (Wildman–Crippen MR) is 126 cm³/mol. The number of thioether (sulfide) groups is 2. The number of anilines is 1. The normalized spacial score (nSPS) is 19.8. The van der Waals surface area contributed by atoms with Crippen LogP contribution >= 0.6 is 34.9 Å². The number of nitrogens with zero attached hydrogens (tertiary/aromatic N) is 7. The van der Waals surface area contributed by atoms with E-state index in [4.69, 9.17) is 10.6 Å². The molecule has 2 aromatic rings. The molecule has 4 heterocycles. The number of nitrogens with two attached hydrogens (primary N) is 1. The van der Waals surface area contributed by atoms with Gasteiger partial charge in [-0.25, -0.2) is 14.5 Å². The van der Waals surface area contributed by atoms with Crippen LogP contribution in [0.25, 0.3) is 0 Å². The molecule has 0 bridgehead atoms. The zero-order chi connectivity index (χ0) is 23.7. The van der Waals surface area contributed by atoms with E-state index in [1.807, 2.05) is 0 Å². The fourth-order valence-electron chi connectivity index (χ4n) is 3.19. The number of hydrogen-bond donors (Lipinski definition) is 3. The van der Waals surface area contributed by atoms with Crippen molar-refractivity contribution in [2.45, 2.75) is 24.0 Å². The average molecular weight is 528 g/mol. The largest absolute Gasteiger partial charge is 0.477 e. The fraction of sp³-hybridized carbons (Fsp3) is 0.412. The number of nitrogens with one attached hydrogen (secondary N) is 1. The quantitative estimate of drug-likeness (QED) is 0.177. The number of fused-ring (bicyclic) bond motifs is 1. The maximum Gasteiger partial charge on any atom is 0.352 e. The summed E-state index contributed by atoms with van der Waals surface area (Å²) in [5.74, 6) is -1.77. The van der Waals surface area contributed by atoms with Gasteiger partial charge in [-0.1, -0.05) is 24.3 Å². The van der Waals surface area contributed by atoms with Crippen LogP contribution in [-0.2, 0) is 26.3 Å². The van der Waals surface area contributed by atoms with Crippen LogP contribution in [0.2, 0.25) is 0 Å². The molecule has 4 N–H and O–H groups in total. The van der Waals surface area contributed by atoms with Gasteiger partial charge in [-0.15, -0.1) is 28.2 Å². The Kier molecular flexibility index (Phi) is 7.78. The highest BCUT2D eigenvalue weighted by atomic mass is 32.2. The lowest BCUT2D eigenvalue weighted by molar-refractivity contribution is -0.150. The molecule has 182 valence electrons. The van der Waals surface area contributed by atoms with Crippen molar-refractivity contribution in [3.63, 3.8) is 0 Å². The highest BCUT2D eigenvalue weighted by Gasteiger charge is 2.54. The van der Waals surface area contributed by atoms with Crippen LogP contribution in [0.15, 0.2) is 27.0 Å². The number of rotatable bonds is 8. The SMILES string of the molecule is C.CO/N=C(\C(=O)N[C@@H]1C(=O)N2C(C(=O)O)=C(CSc3nnnn3C)CS[C@H]12)c1csc(N)n1. The molecule has 4 rings (SSSR count). The minimum Gasteiger partial charge on any atom is -0.477 e. The number of nitrogen functional groups attached to an aromatic ring is 1. The molecule has 2 aliphatic rings. The molecule has 0 unspecified atom stereocenters. The second kappa shape index (κ2) is 10.4. The van der Waals surface area contributed by atoms with E-state index >= 15 is 0 Å². The van der Waals surface area contributed by atoms with Crippen LogP contribution in [0.5, 0.6) is 0 Å². The number of aromatic nitrogens is 5. The van der Waals surface area contributed by atoms with Crippen molar-refractivity contribution in [3.8, 4) is 0 Å². The Balaban J connectivity index is 0.00000324. The lowest BCUT2D eigenvalue weighted by atomic mass is 10.0. The van der Waals surface area contributed by atoms with Gasteiger partial charge in [0.1, 0.15) is 29.9 Å². The van der Waals surface area contributed by atoms with Crippen molar-refractivity contribution in [2.75, 3.05) is 24.3 Å². The van der Waals surface area contributed by atoms with E-state index in [2.05, 4.69) is 31.0 Å². The molecule has 2 atom stereocenters. The number of tetrazole rings is 1. The number of carboxylic acid groups (broad SMARTS) is 1. The van der Waals surface area contributed by atoms with E-state index in [0.29, 0.717) is 22.2 Å². The van der Waals surface area contributed by atoms with Crippen molar-refractivity contribution < 1.29 is 24.3 Å². The molecule has 17 heteroatoms. The molecule has 1 saturated heterocycles. The molecule has 14 nitrogen and oxygen atoms in total. The number of aryl methyl sites for hydroxylation is 1. The first-order valence-electron chi connectivity index (χ1n) is 9.20. The molecule has 2 aromatic heterocycles. The molecular formula is C17H21N9O5S3. The van der Waals surface area contributed by atoms with Gasteiger partial charge >= 0.3 is 5.97 Å². The maximum atomic E-state index is 12.9. The van der Waals surface area contributed by atoms with Gasteiger partial charge in [0, 0.05) is 23.9 Å². The molecule has 2 aliphatic heterocycles. The van der Waals surface area contributed by atoms with E-state index in [1.165, 1.54) is 40.2 Å². The lowest BCUT2D eigenvalue weighted by Crippen LogP contribution is -2.71. The minimum atomic E-state index is -1.22. The Hall–Kier alpha value is -3.18. The molecule has 34 heavy (non-hydrogen) atoms. The third kappa shape index (κ3) is 4.71. The third-order valence-electron chi connectivity index (χ3n) is 4.66. The summed E-state index contributed by atoms with van der Waals surface area (Å²) in [5.41, 5.74) is 6.17. The van der Waals surface area contributed by atoms with E-state index in [0.717, 1.165) is 11.3 Å². The summed E-state index contributed by atoms with van der Waals surface area (Å²) in [5, 5.41) is 29.0. The van der Waals surface area contributed by atoms with E-state index in [-0.39, 0.29) is 29.7 Å². The number of carboxylic acids is 1. The topological polar surface area (TPSA) is 191 Å². The van der Waals surface area contributed by atoms with Crippen LogP contribution in [0.3, 0.4) is 0 Å². The standard InChI is InChI=1S/C16H17N9O5S3.CH4/c1-24-16(20-22-23-24)33-4-6-3-31-13-9(12(27)25(13)10(6)14(28)29)19-11(26)8(21-30-2)7-5-32-15(17)18-7;/h5,9,13H,3-4H2,1-2H3,(H2,17,18)(H,19,26)(H,28,29);1H4/b21-8-;/t9-,13-;/m1./s1. The van der Waals surface area contributed by atoms with Crippen LogP contribution in [0.4, 0.5) is 5.13 Å². The van der Waals surface area contributed by atoms with Crippen molar-refractivity contribution in [3.05, 3.63) is 22.3 Å². The van der Waals surface area contributed by atoms with Crippen molar-refractivity contribution in [2.24, 2.45) is 12.2 Å². The van der Waals surface area contributed by atoms with Crippen molar-refractivity contribution in [1.29, 1.82) is 0 Å². The zero-order valence-electron chi connectivity index (χ0n) is 17.2. The number of β-lactam (4-membered cyclic amide) rings is 1. The Morgan fingerprint density at radius 3 is 2.82 bits per heavy atom. The summed E-state index contributed by atoms with van der Waals surface area (Å²) in [6.45, 7) is 0. The minimum absolute atomic E-state index is 0. The molecule has 0 aromatic carbocycles. The number of aliphatic carboxylic acids is 1. The van der Waals surface area contributed by atoms with Crippen LogP contribution in [0.1, 0.15) is 13.1 Å². The molecule has 2 amide bonds. The van der Waals surface area contributed by atoms with E-state index in [9.17, 15) is 19.5 Å². The van der Waals surface area contributed by atoms with E-state index < -0.39 is 29.2 Å². The average Bonchev–Trinajstić information content (AvgIpc) is 3.40. The number of amides is 2. The molecule has 0 aliphatic carbocycles. The van der Waals surface area contributed by atoms with Gasteiger partial charge in [0.05, 0.1) is 0 Å². The highest BCUT2D eigenvalue weighted by Crippen LogP contribution is 2.41. The molecular weight excluding hydrogens is 506 g/mol. The first kappa shape index (κ1) is 25.4. The van der Waals surface area contributed by atoms with E-state index in [1.54, 1.807) is 12.4 Å². The van der Waals surface area contributed by atoms with Gasteiger partial charge in [-0.3, -0.25) is 14.5 Å². The Morgan fingerprint density at radius 2 is 2.24 bits per heavy atom. The van der Waals surface area contributed by atoms with Gasteiger partial charge in [0.15, 0.2) is 10.8 Å². The Labute approximate surface area is 206 Å². The second-order valence-electron chi connectivity index (χ2n) is 6.69.